The third kappa shape index (κ3) is 2.12. The highest BCUT2D eigenvalue weighted by atomic mass is 19.4. The molecule has 24 heavy (non-hydrogen) atoms. The largest absolute Gasteiger partial charge is 0.481 e. The molecule has 1 unspecified atom stereocenters. The van der Waals surface area contributed by atoms with E-state index in [2.05, 4.69) is 0 Å². The van der Waals surface area contributed by atoms with Crippen molar-refractivity contribution in [3.8, 4) is 0 Å². The van der Waals surface area contributed by atoms with Crippen LogP contribution in [0.5, 0.6) is 0 Å². The molecule has 4 bridgehead atoms. The van der Waals surface area contributed by atoms with E-state index in [4.69, 9.17) is 0 Å². The minimum absolute atomic E-state index is 0.105. The van der Waals surface area contributed by atoms with Gasteiger partial charge in [0.1, 0.15) is 0 Å². The maximum atomic E-state index is 13.3. The Labute approximate surface area is 138 Å². The summed E-state index contributed by atoms with van der Waals surface area (Å²) in [5.74, 6) is -0.510. The van der Waals surface area contributed by atoms with Gasteiger partial charge in [-0.25, -0.2) is 0 Å². The van der Waals surface area contributed by atoms with E-state index < -0.39 is 35.9 Å². The van der Waals surface area contributed by atoms with Crippen LogP contribution in [0.2, 0.25) is 0 Å². The molecule has 5 rings (SSSR count). The van der Waals surface area contributed by atoms with Crippen LogP contribution in [0.15, 0.2) is 0 Å². The fraction of sp³-hybridized carbons (Fsp3) is 0.882. The lowest BCUT2D eigenvalue weighted by atomic mass is 9.49. The molecule has 1 saturated heterocycles. The first-order chi connectivity index (χ1) is 11.2. The van der Waals surface area contributed by atoms with Crippen LogP contribution in [0.25, 0.3) is 0 Å². The minimum Gasteiger partial charge on any atom is -0.481 e. The van der Waals surface area contributed by atoms with Gasteiger partial charge in [-0.3, -0.25) is 9.59 Å². The van der Waals surface area contributed by atoms with Gasteiger partial charge in [0.2, 0.25) is 5.91 Å². The first-order valence-electron chi connectivity index (χ1n) is 8.75. The second-order valence-corrected chi connectivity index (χ2v) is 8.56. The Balaban J connectivity index is 1.57. The number of aliphatic carboxylic acids is 1. The van der Waals surface area contributed by atoms with E-state index in [-0.39, 0.29) is 12.5 Å². The standard InChI is InChI=1S/C17H22F3NO3/c18-17(19,20)16(14(23)24)1-2-21(9-16)13(22)15-6-10-3-11(7-15)5-12(4-10)8-15/h10-12H,1-9H2,(H,23,24). The average molecular weight is 345 g/mol. The van der Waals surface area contributed by atoms with Crippen LogP contribution in [0.3, 0.4) is 0 Å². The Hall–Kier alpha value is -1.27. The lowest BCUT2D eigenvalue weighted by molar-refractivity contribution is -0.227. The molecule has 0 aromatic carbocycles. The number of alkyl halides is 3. The summed E-state index contributed by atoms with van der Waals surface area (Å²) >= 11 is 0. The van der Waals surface area contributed by atoms with Gasteiger partial charge in [0.25, 0.3) is 0 Å². The van der Waals surface area contributed by atoms with Crippen molar-refractivity contribution in [1.82, 2.24) is 4.90 Å². The maximum Gasteiger partial charge on any atom is 0.406 e. The zero-order chi connectivity index (χ0) is 17.3. The summed E-state index contributed by atoms with van der Waals surface area (Å²) in [6.45, 7) is -0.835. The summed E-state index contributed by atoms with van der Waals surface area (Å²) in [4.78, 5) is 25.6. The van der Waals surface area contributed by atoms with Crippen molar-refractivity contribution in [3.05, 3.63) is 0 Å². The van der Waals surface area contributed by atoms with Crippen molar-refractivity contribution in [3.63, 3.8) is 0 Å². The van der Waals surface area contributed by atoms with Gasteiger partial charge < -0.3 is 10.0 Å². The molecule has 1 aliphatic heterocycles. The first kappa shape index (κ1) is 16.2. The van der Waals surface area contributed by atoms with E-state index in [0.29, 0.717) is 17.8 Å². The number of rotatable bonds is 2. The maximum absolute atomic E-state index is 13.3. The summed E-state index contributed by atoms with van der Waals surface area (Å²) in [7, 11) is 0. The minimum atomic E-state index is -4.84. The monoisotopic (exact) mass is 345 g/mol. The van der Waals surface area contributed by atoms with Crippen molar-refractivity contribution in [1.29, 1.82) is 0 Å². The van der Waals surface area contributed by atoms with Crippen molar-refractivity contribution >= 4 is 11.9 Å². The summed E-state index contributed by atoms with van der Waals surface area (Å²) in [5.41, 5.74) is -3.32. The normalized spacial score (nSPS) is 44.1. The summed E-state index contributed by atoms with van der Waals surface area (Å²) in [5, 5.41) is 9.18. The summed E-state index contributed by atoms with van der Waals surface area (Å²) in [6, 6.07) is 0. The SMILES string of the molecule is O=C(N1CCC(C(=O)O)(C(F)(F)F)C1)C12CC3CC(CC(C3)C1)C2. The Morgan fingerprint density at radius 1 is 1.00 bits per heavy atom. The van der Waals surface area contributed by atoms with Gasteiger partial charge in [-0.1, -0.05) is 0 Å². The fourth-order valence-electron chi connectivity index (χ4n) is 6.22. The Morgan fingerprint density at radius 2 is 1.50 bits per heavy atom. The number of hydrogen-bond donors (Lipinski definition) is 1. The lowest BCUT2D eigenvalue weighted by Crippen LogP contribution is -2.55. The fourth-order valence-corrected chi connectivity index (χ4v) is 6.22. The quantitative estimate of drug-likeness (QED) is 0.837. The molecule has 1 N–H and O–H groups in total. The number of amides is 1. The van der Waals surface area contributed by atoms with Gasteiger partial charge >= 0.3 is 12.1 Å². The molecule has 5 fully saturated rings. The van der Waals surface area contributed by atoms with Crippen LogP contribution >= 0.6 is 0 Å². The van der Waals surface area contributed by atoms with E-state index in [1.165, 1.54) is 4.90 Å². The highest BCUT2D eigenvalue weighted by molar-refractivity contribution is 5.85. The number of carboxylic acid groups (broad SMARTS) is 1. The van der Waals surface area contributed by atoms with Gasteiger partial charge in [-0.2, -0.15) is 13.2 Å². The molecule has 4 saturated carbocycles. The smallest absolute Gasteiger partial charge is 0.406 e. The van der Waals surface area contributed by atoms with Crippen molar-refractivity contribution in [2.75, 3.05) is 13.1 Å². The van der Waals surface area contributed by atoms with E-state index in [0.717, 1.165) is 38.5 Å². The molecule has 1 heterocycles. The Morgan fingerprint density at radius 3 is 1.88 bits per heavy atom. The third-order valence-corrected chi connectivity index (χ3v) is 7.00. The number of likely N-dealkylation sites (tertiary alicyclic amines) is 1. The zero-order valence-electron chi connectivity index (χ0n) is 13.4. The van der Waals surface area contributed by atoms with Gasteiger partial charge in [0.15, 0.2) is 5.41 Å². The second kappa shape index (κ2) is 4.88. The molecular formula is C17H22F3NO3. The number of carboxylic acids is 1. The lowest BCUT2D eigenvalue weighted by Gasteiger charge is -2.56. The highest BCUT2D eigenvalue weighted by Crippen LogP contribution is 2.61. The molecule has 5 aliphatic rings. The predicted octanol–water partition coefficient (Wildman–Crippen LogP) is 3.07. The predicted molar refractivity (Wildman–Crippen MR) is 77.9 cm³/mol. The van der Waals surface area contributed by atoms with Crippen molar-refractivity contribution < 1.29 is 27.9 Å². The topological polar surface area (TPSA) is 57.6 Å². The molecule has 134 valence electrons. The van der Waals surface area contributed by atoms with Crippen LogP contribution < -0.4 is 0 Å². The van der Waals surface area contributed by atoms with E-state index >= 15 is 0 Å². The first-order valence-corrected chi connectivity index (χ1v) is 8.75. The molecule has 0 aromatic heterocycles. The van der Waals surface area contributed by atoms with Crippen molar-refractivity contribution in [2.24, 2.45) is 28.6 Å². The molecule has 7 heteroatoms. The molecule has 1 amide bonds. The summed E-state index contributed by atoms with van der Waals surface area (Å²) < 4.78 is 40.0. The second-order valence-electron chi connectivity index (χ2n) is 8.56. The molecule has 0 spiro atoms. The number of carbonyl (C=O) groups is 2. The molecule has 0 aromatic rings. The van der Waals surface area contributed by atoms with Crippen LogP contribution in [0.1, 0.15) is 44.9 Å². The zero-order valence-corrected chi connectivity index (χ0v) is 13.4. The Kier molecular flexibility index (Phi) is 3.30. The molecule has 1 atom stereocenters. The van der Waals surface area contributed by atoms with Crippen LogP contribution in [0.4, 0.5) is 13.2 Å². The van der Waals surface area contributed by atoms with E-state index in [1.807, 2.05) is 0 Å². The van der Waals surface area contributed by atoms with Gasteiger partial charge in [0, 0.05) is 13.1 Å². The van der Waals surface area contributed by atoms with Gasteiger partial charge in [-0.15, -0.1) is 0 Å². The number of nitrogens with zero attached hydrogens (tertiary/aromatic N) is 1. The van der Waals surface area contributed by atoms with E-state index in [1.54, 1.807) is 0 Å². The number of hydrogen-bond acceptors (Lipinski definition) is 2. The highest BCUT2D eigenvalue weighted by Gasteiger charge is 2.65. The van der Waals surface area contributed by atoms with Crippen LogP contribution in [-0.4, -0.2) is 41.1 Å². The third-order valence-electron chi connectivity index (χ3n) is 7.00. The summed E-state index contributed by atoms with van der Waals surface area (Å²) in [6.07, 6.45) is 0.400. The van der Waals surface area contributed by atoms with Crippen molar-refractivity contribution in [2.45, 2.75) is 51.1 Å². The number of halogens is 3. The molecule has 4 nitrogen and oxygen atoms in total. The van der Waals surface area contributed by atoms with Crippen LogP contribution in [-0.2, 0) is 9.59 Å². The molecule has 0 radical (unpaired) electrons. The van der Waals surface area contributed by atoms with Gasteiger partial charge in [0.05, 0.1) is 5.41 Å². The molecular weight excluding hydrogens is 323 g/mol. The van der Waals surface area contributed by atoms with Crippen LogP contribution in [0, 0.1) is 28.6 Å². The Bertz CT molecular complexity index is 553. The van der Waals surface area contributed by atoms with Gasteiger partial charge in [-0.05, 0) is 62.7 Å². The van der Waals surface area contributed by atoms with E-state index in [9.17, 15) is 27.9 Å². The molecule has 4 aliphatic carbocycles. The number of carbonyl (C=O) groups excluding carboxylic acids is 1. The average Bonchev–Trinajstić information content (AvgIpc) is 2.91.